The van der Waals surface area contributed by atoms with Crippen molar-refractivity contribution < 1.29 is 23.9 Å². The molecule has 2 rings (SSSR count). The monoisotopic (exact) mass is 392 g/mol. The minimum Gasteiger partial charge on any atom is -0.465 e. The number of hydrogen-bond acceptors (Lipinski definition) is 8. The van der Waals surface area contributed by atoms with Crippen LogP contribution in [0.2, 0.25) is 0 Å². The Hall–Kier alpha value is -2.88. The number of aryl methyl sites for hydroxylation is 1. The lowest BCUT2D eigenvalue weighted by Gasteiger charge is -2.11. The second-order valence-corrected chi connectivity index (χ2v) is 6.33. The van der Waals surface area contributed by atoms with Gasteiger partial charge >= 0.3 is 11.9 Å². The number of aromatic nitrogens is 3. The van der Waals surface area contributed by atoms with Crippen molar-refractivity contribution in [3.8, 4) is 0 Å². The zero-order valence-electron chi connectivity index (χ0n) is 15.4. The minimum absolute atomic E-state index is 0.0543. The van der Waals surface area contributed by atoms with Crippen molar-refractivity contribution in [2.75, 3.05) is 25.3 Å². The van der Waals surface area contributed by atoms with Gasteiger partial charge in [-0.2, -0.15) is 0 Å². The zero-order valence-corrected chi connectivity index (χ0v) is 16.3. The number of benzene rings is 1. The normalized spacial score (nSPS) is 10.4. The number of anilines is 1. The Morgan fingerprint density at radius 2 is 1.85 bits per heavy atom. The first-order valence-corrected chi connectivity index (χ1v) is 9.01. The summed E-state index contributed by atoms with van der Waals surface area (Å²) in [6, 6.07) is 4.20. The third-order valence-electron chi connectivity index (χ3n) is 3.69. The highest BCUT2D eigenvalue weighted by molar-refractivity contribution is 7.99. The van der Waals surface area contributed by atoms with E-state index in [0.29, 0.717) is 5.16 Å². The molecule has 1 N–H and O–H groups in total. The molecular weight excluding hydrogens is 372 g/mol. The number of nitrogens with zero attached hydrogens (tertiary/aromatic N) is 3. The Labute approximate surface area is 160 Å². The van der Waals surface area contributed by atoms with Crippen LogP contribution in [-0.2, 0) is 27.7 Å². The van der Waals surface area contributed by atoms with Crippen molar-refractivity contribution in [2.24, 2.45) is 7.05 Å². The molecule has 27 heavy (non-hydrogen) atoms. The van der Waals surface area contributed by atoms with Crippen molar-refractivity contribution in [2.45, 2.75) is 18.5 Å². The summed E-state index contributed by atoms with van der Waals surface area (Å²) in [6.45, 7) is 1.97. The Kier molecular flexibility index (Phi) is 6.94. The SMILES string of the molecule is CCc1nnc(SCC(=O)Nc2cc(C(=O)OC)ccc2C(=O)OC)n1C. The van der Waals surface area contributed by atoms with Crippen LogP contribution in [0.1, 0.15) is 33.5 Å². The highest BCUT2D eigenvalue weighted by Gasteiger charge is 2.18. The van der Waals surface area contributed by atoms with E-state index in [2.05, 4.69) is 20.3 Å². The second-order valence-electron chi connectivity index (χ2n) is 5.39. The summed E-state index contributed by atoms with van der Waals surface area (Å²) < 4.78 is 11.2. The van der Waals surface area contributed by atoms with E-state index in [-0.39, 0.29) is 28.5 Å². The molecular formula is C17H20N4O5S. The average molecular weight is 392 g/mol. The third-order valence-corrected chi connectivity index (χ3v) is 4.71. The molecule has 10 heteroatoms. The first kappa shape index (κ1) is 20.4. The Balaban J connectivity index is 2.15. The van der Waals surface area contributed by atoms with E-state index in [1.54, 1.807) is 0 Å². The molecule has 0 bridgehead atoms. The second kappa shape index (κ2) is 9.17. The Bertz CT molecular complexity index is 865. The van der Waals surface area contributed by atoms with Crippen LogP contribution in [-0.4, -0.2) is 52.6 Å². The molecule has 144 valence electrons. The Morgan fingerprint density at radius 1 is 1.15 bits per heavy atom. The van der Waals surface area contributed by atoms with Crippen LogP contribution in [0.15, 0.2) is 23.4 Å². The molecule has 0 radical (unpaired) electrons. The summed E-state index contributed by atoms with van der Waals surface area (Å²) in [5, 5.41) is 11.3. The number of amides is 1. The number of carbonyl (C=O) groups is 3. The van der Waals surface area contributed by atoms with Gasteiger partial charge in [0, 0.05) is 13.5 Å². The van der Waals surface area contributed by atoms with E-state index in [9.17, 15) is 14.4 Å². The van der Waals surface area contributed by atoms with Gasteiger partial charge in [-0.3, -0.25) is 4.79 Å². The fourth-order valence-corrected chi connectivity index (χ4v) is 3.01. The molecule has 0 saturated carbocycles. The van der Waals surface area contributed by atoms with E-state index in [0.717, 1.165) is 12.2 Å². The van der Waals surface area contributed by atoms with Gasteiger partial charge in [-0.05, 0) is 18.2 Å². The van der Waals surface area contributed by atoms with E-state index < -0.39 is 11.9 Å². The summed E-state index contributed by atoms with van der Waals surface area (Å²) in [6.07, 6.45) is 0.735. The number of rotatable bonds is 7. The van der Waals surface area contributed by atoms with Gasteiger partial charge < -0.3 is 19.4 Å². The van der Waals surface area contributed by atoms with Crippen molar-refractivity contribution in [3.63, 3.8) is 0 Å². The Morgan fingerprint density at radius 3 is 2.44 bits per heavy atom. The number of hydrogen-bond donors (Lipinski definition) is 1. The third kappa shape index (κ3) is 4.85. The quantitative estimate of drug-likeness (QED) is 0.559. The van der Waals surface area contributed by atoms with Crippen molar-refractivity contribution in [1.29, 1.82) is 0 Å². The molecule has 0 saturated heterocycles. The fraction of sp³-hybridized carbons (Fsp3) is 0.353. The lowest BCUT2D eigenvalue weighted by atomic mass is 10.1. The number of thioether (sulfide) groups is 1. The van der Waals surface area contributed by atoms with Crippen LogP contribution in [0.25, 0.3) is 0 Å². The first-order valence-electron chi connectivity index (χ1n) is 8.02. The van der Waals surface area contributed by atoms with Crippen LogP contribution in [0.5, 0.6) is 0 Å². The first-order chi connectivity index (χ1) is 12.9. The molecule has 1 aromatic heterocycles. The van der Waals surface area contributed by atoms with Crippen LogP contribution in [0.3, 0.4) is 0 Å². The summed E-state index contributed by atoms with van der Waals surface area (Å²) in [7, 11) is 4.31. The van der Waals surface area contributed by atoms with Gasteiger partial charge in [0.15, 0.2) is 5.16 Å². The van der Waals surface area contributed by atoms with Gasteiger partial charge in [0.2, 0.25) is 5.91 Å². The molecule has 1 aromatic carbocycles. The highest BCUT2D eigenvalue weighted by atomic mass is 32.2. The molecule has 9 nitrogen and oxygen atoms in total. The van der Waals surface area contributed by atoms with Crippen LogP contribution >= 0.6 is 11.8 Å². The molecule has 0 atom stereocenters. The summed E-state index contributed by atoms with van der Waals surface area (Å²) in [4.78, 5) is 35.9. The molecule has 1 amide bonds. The van der Waals surface area contributed by atoms with Gasteiger partial charge in [-0.25, -0.2) is 9.59 Å². The number of esters is 2. The maximum absolute atomic E-state index is 12.3. The van der Waals surface area contributed by atoms with Gasteiger partial charge in [-0.15, -0.1) is 10.2 Å². The van der Waals surface area contributed by atoms with Gasteiger partial charge in [0.05, 0.1) is 36.8 Å². The maximum Gasteiger partial charge on any atom is 0.339 e. The summed E-state index contributed by atoms with van der Waals surface area (Å²) >= 11 is 1.22. The zero-order chi connectivity index (χ0) is 20.0. The van der Waals surface area contributed by atoms with Gasteiger partial charge in [0.25, 0.3) is 0 Å². The molecule has 0 fully saturated rings. The van der Waals surface area contributed by atoms with E-state index in [4.69, 9.17) is 4.74 Å². The molecule has 0 spiro atoms. The van der Waals surface area contributed by atoms with Gasteiger partial charge in [-0.1, -0.05) is 18.7 Å². The minimum atomic E-state index is -0.629. The van der Waals surface area contributed by atoms with E-state index in [1.807, 2.05) is 18.5 Å². The average Bonchev–Trinajstić information content (AvgIpc) is 3.04. The lowest BCUT2D eigenvalue weighted by molar-refractivity contribution is -0.113. The molecule has 0 aliphatic rings. The molecule has 2 aromatic rings. The standard InChI is InChI=1S/C17H20N4O5S/c1-5-13-19-20-17(21(13)2)27-9-14(22)18-12-8-10(15(23)25-3)6-7-11(12)16(24)26-4/h6-8H,5,9H2,1-4H3,(H,18,22). The molecule has 0 aliphatic carbocycles. The number of ether oxygens (including phenoxy) is 2. The largest absolute Gasteiger partial charge is 0.465 e. The number of carbonyl (C=O) groups excluding carboxylic acids is 3. The smallest absolute Gasteiger partial charge is 0.339 e. The molecule has 0 aliphatic heterocycles. The van der Waals surface area contributed by atoms with Gasteiger partial charge in [0.1, 0.15) is 5.82 Å². The topological polar surface area (TPSA) is 112 Å². The lowest BCUT2D eigenvalue weighted by Crippen LogP contribution is -2.18. The van der Waals surface area contributed by atoms with Crippen LogP contribution in [0.4, 0.5) is 5.69 Å². The fourth-order valence-electron chi connectivity index (χ4n) is 2.28. The van der Waals surface area contributed by atoms with Crippen LogP contribution in [0, 0.1) is 0 Å². The van der Waals surface area contributed by atoms with Crippen molar-refractivity contribution in [3.05, 3.63) is 35.2 Å². The highest BCUT2D eigenvalue weighted by Crippen LogP contribution is 2.21. The maximum atomic E-state index is 12.3. The summed E-state index contributed by atoms with van der Waals surface area (Å²) in [5.74, 6) is -0.707. The van der Waals surface area contributed by atoms with Crippen molar-refractivity contribution >= 4 is 35.3 Å². The van der Waals surface area contributed by atoms with E-state index in [1.165, 1.54) is 44.2 Å². The summed E-state index contributed by atoms with van der Waals surface area (Å²) in [5.41, 5.74) is 0.506. The number of nitrogens with one attached hydrogen (secondary N) is 1. The molecule has 0 unspecified atom stereocenters. The van der Waals surface area contributed by atoms with Crippen molar-refractivity contribution in [1.82, 2.24) is 14.8 Å². The van der Waals surface area contributed by atoms with Crippen LogP contribution < -0.4 is 5.32 Å². The molecule has 1 heterocycles. The van der Waals surface area contributed by atoms with E-state index >= 15 is 0 Å². The number of methoxy groups -OCH3 is 2. The predicted molar refractivity (Wildman–Crippen MR) is 98.9 cm³/mol. The predicted octanol–water partition coefficient (Wildman–Crippen LogP) is 1.68.